The summed E-state index contributed by atoms with van der Waals surface area (Å²) in [4.78, 5) is 20.3. The van der Waals surface area contributed by atoms with Gasteiger partial charge in [-0.15, -0.1) is 0 Å². The molecule has 0 saturated heterocycles. The van der Waals surface area contributed by atoms with Crippen LogP contribution >= 0.6 is 23.4 Å². The highest BCUT2D eigenvalue weighted by Crippen LogP contribution is 2.20. The molecule has 0 aliphatic carbocycles. The summed E-state index contributed by atoms with van der Waals surface area (Å²) in [5.41, 5.74) is 1.79. The Balaban J connectivity index is 1.95. The number of aromatic nitrogens is 2. The quantitative estimate of drug-likeness (QED) is 0.689. The maximum absolute atomic E-state index is 13.5. The fraction of sp³-hybridized carbons (Fsp3) is 0.214. The maximum Gasteiger partial charge on any atom is 0.234 e. The molecule has 0 unspecified atom stereocenters. The zero-order chi connectivity index (χ0) is 15.4. The van der Waals surface area contributed by atoms with E-state index in [1.165, 1.54) is 23.9 Å². The molecule has 0 saturated carbocycles. The number of nitrogens with one attached hydrogen (secondary N) is 1. The van der Waals surface area contributed by atoms with Gasteiger partial charge in [0.25, 0.3) is 0 Å². The van der Waals surface area contributed by atoms with Crippen molar-refractivity contribution in [2.75, 3.05) is 11.1 Å². The van der Waals surface area contributed by atoms with Crippen LogP contribution in [0.5, 0.6) is 0 Å². The third kappa shape index (κ3) is 4.68. The van der Waals surface area contributed by atoms with E-state index in [-0.39, 0.29) is 22.4 Å². The molecule has 0 aliphatic rings. The molecule has 2 rings (SSSR count). The molecular weight excluding hydrogens is 313 g/mol. The van der Waals surface area contributed by atoms with Crippen LogP contribution < -0.4 is 5.32 Å². The van der Waals surface area contributed by atoms with Crippen LogP contribution in [0, 0.1) is 19.7 Å². The molecule has 1 amide bonds. The first kappa shape index (κ1) is 15.7. The number of hydrogen-bond acceptors (Lipinski definition) is 4. The third-order valence-electron chi connectivity index (χ3n) is 2.50. The monoisotopic (exact) mass is 325 g/mol. The number of thioether (sulfide) groups is 1. The Morgan fingerprint density at radius 3 is 2.57 bits per heavy atom. The van der Waals surface area contributed by atoms with Gasteiger partial charge in [0.2, 0.25) is 5.91 Å². The summed E-state index contributed by atoms with van der Waals surface area (Å²) in [6.45, 7) is 3.73. The van der Waals surface area contributed by atoms with E-state index in [2.05, 4.69) is 15.3 Å². The molecule has 0 fully saturated rings. The first-order valence-electron chi connectivity index (χ1n) is 6.14. The standard InChI is InChI=1S/C14H13ClFN3OS/c1-8-5-9(2)18-14(17-8)21-7-13(20)19-12-4-3-10(15)6-11(12)16/h3-6H,7H2,1-2H3,(H,19,20). The van der Waals surface area contributed by atoms with Crippen molar-refractivity contribution in [3.8, 4) is 0 Å². The van der Waals surface area contributed by atoms with Gasteiger partial charge in [0.15, 0.2) is 5.16 Å². The average molecular weight is 326 g/mol. The molecule has 0 radical (unpaired) electrons. The number of halogens is 2. The Labute approximate surface area is 131 Å². The van der Waals surface area contributed by atoms with Gasteiger partial charge in [0.1, 0.15) is 5.82 Å². The van der Waals surface area contributed by atoms with Crippen molar-refractivity contribution in [2.24, 2.45) is 0 Å². The van der Waals surface area contributed by atoms with Crippen LogP contribution in [0.3, 0.4) is 0 Å². The highest BCUT2D eigenvalue weighted by Gasteiger charge is 2.09. The SMILES string of the molecule is Cc1cc(C)nc(SCC(=O)Nc2ccc(Cl)cc2F)n1. The second-order valence-electron chi connectivity index (χ2n) is 4.39. The first-order chi connectivity index (χ1) is 9.94. The van der Waals surface area contributed by atoms with E-state index in [0.717, 1.165) is 17.5 Å². The second kappa shape index (κ2) is 6.87. The van der Waals surface area contributed by atoms with E-state index in [0.29, 0.717) is 5.16 Å². The van der Waals surface area contributed by atoms with E-state index in [1.807, 2.05) is 19.9 Å². The van der Waals surface area contributed by atoms with E-state index in [9.17, 15) is 9.18 Å². The topological polar surface area (TPSA) is 54.9 Å². The summed E-state index contributed by atoms with van der Waals surface area (Å²) in [5.74, 6) is -0.794. The number of rotatable bonds is 4. The molecule has 0 aliphatic heterocycles. The Morgan fingerprint density at radius 1 is 1.29 bits per heavy atom. The van der Waals surface area contributed by atoms with E-state index in [1.54, 1.807) is 0 Å². The van der Waals surface area contributed by atoms with Gasteiger partial charge in [-0.25, -0.2) is 14.4 Å². The van der Waals surface area contributed by atoms with Crippen LogP contribution in [-0.2, 0) is 4.79 Å². The summed E-state index contributed by atoms with van der Waals surface area (Å²) in [5, 5.41) is 3.30. The molecule has 7 heteroatoms. The van der Waals surface area contributed by atoms with Crippen molar-refractivity contribution in [3.05, 3.63) is 46.5 Å². The van der Waals surface area contributed by atoms with Crippen molar-refractivity contribution < 1.29 is 9.18 Å². The Kier molecular flexibility index (Phi) is 5.14. The lowest BCUT2D eigenvalue weighted by molar-refractivity contribution is -0.113. The van der Waals surface area contributed by atoms with Crippen LogP contribution in [0.15, 0.2) is 29.4 Å². The van der Waals surface area contributed by atoms with Gasteiger partial charge in [-0.1, -0.05) is 23.4 Å². The smallest absolute Gasteiger partial charge is 0.234 e. The average Bonchev–Trinajstić information content (AvgIpc) is 2.39. The molecule has 2 aromatic rings. The molecule has 21 heavy (non-hydrogen) atoms. The molecule has 1 heterocycles. The highest BCUT2D eigenvalue weighted by atomic mass is 35.5. The summed E-state index contributed by atoms with van der Waals surface area (Å²) in [7, 11) is 0. The van der Waals surface area contributed by atoms with Crippen LogP contribution in [-0.4, -0.2) is 21.6 Å². The number of carbonyl (C=O) groups is 1. The van der Waals surface area contributed by atoms with Crippen LogP contribution in [0.1, 0.15) is 11.4 Å². The molecule has 0 spiro atoms. The molecule has 1 aromatic heterocycles. The van der Waals surface area contributed by atoms with Gasteiger partial charge in [-0.2, -0.15) is 0 Å². The molecule has 4 nitrogen and oxygen atoms in total. The third-order valence-corrected chi connectivity index (χ3v) is 3.58. The fourth-order valence-electron chi connectivity index (χ4n) is 1.67. The minimum Gasteiger partial charge on any atom is -0.323 e. The van der Waals surface area contributed by atoms with E-state index >= 15 is 0 Å². The van der Waals surface area contributed by atoms with E-state index in [4.69, 9.17) is 11.6 Å². The first-order valence-corrected chi connectivity index (χ1v) is 7.50. The molecular formula is C14H13ClFN3OS. The minimum absolute atomic E-state index is 0.102. The molecule has 0 atom stereocenters. The lowest BCUT2D eigenvalue weighted by atomic mass is 10.3. The van der Waals surface area contributed by atoms with E-state index < -0.39 is 5.82 Å². The number of amides is 1. The van der Waals surface area contributed by atoms with Crippen molar-refractivity contribution in [1.82, 2.24) is 9.97 Å². The van der Waals surface area contributed by atoms with Crippen molar-refractivity contribution in [3.63, 3.8) is 0 Å². The van der Waals surface area contributed by atoms with Gasteiger partial charge in [-0.05, 0) is 38.1 Å². The number of carbonyl (C=O) groups excluding carboxylic acids is 1. The van der Waals surface area contributed by atoms with Crippen molar-refractivity contribution in [2.45, 2.75) is 19.0 Å². The number of benzene rings is 1. The highest BCUT2D eigenvalue weighted by molar-refractivity contribution is 7.99. The summed E-state index contributed by atoms with van der Waals surface area (Å²) in [6.07, 6.45) is 0. The normalized spacial score (nSPS) is 10.5. The lowest BCUT2D eigenvalue weighted by Gasteiger charge is -2.06. The maximum atomic E-state index is 13.5. The van der Waals surface area contributed by atoms with Gasteiger partial charge >= 0.3 is 0 Å². The largest absolute Gasteiger partial charge is 0.323 e. The van der Waals surface area contributed by atoms with Gasteiger partial charge in [0, 0.05) is 16.4 Å². The summed E-state index contributed by atoms with van der Waals surface area (Å²) in [6, 6.07) is 5.94. The molecule has 1 N–H and O–H groups in total. The predicted octanol–water partition coefficient (Wildman–Crippen LogP) is 3.62. The Bertz CT molecular complexity index is 661. The Morgan fingerprint density at radius 2 is 1.95 bits per heavy atom. The second-order valence-corrected chi connectivity index (χ2v) is 5.77. The lowest BCUT2D eigenvalue weighted by Crippen LogP contribution is -2.15. The number of hydrogen-bond donors (Lipinski definition) is 1. The zero-order valence-corrected chi connectivity index (χ0v) is 13.1. The molecule has 1 aromatic carbocycles. The summed E-state index contributed by atoms with van der Waals surface area (Å²) >= 11 is 6.85. The number of anilines is 1. The molecule has 0 bridgehead atoms. The summed E-state index contributed by atoms with van der Waals surface area (Å²) < 4.78 is 13.5. The number of nitrogens with zero attached hydrogens (tertiary/aromatic N) is 2. The van der Waals surface area contributed by atoms with Gasteiger partial charge in [0.05, 0.1) is 11.4 Å². The minimum atomic E-state index is -0.566. The van der Waals surface area contributed by atoms with Crippen molar-refractivity contribution >= 4 is 35.0 Å². The molecule has 110 valence electrons. The Hall–Kier alpha value is -1.66. The van der Waals surface area contributed by atoms with Crippen LogP contribution in [0.25, 0.3) is 0 Å². The van der Waals surface area contributed by atoms with Gasteiger partial charge in [-0.3, -0.25) is 4.79 Å². The van der Waals surface area contributed by atoms with Gasteiger partial charge < -0.3 is 5.32 Å². The zero-order valence-electron chi connectivity index (χ0n) is 11.5. The van der Waals surface area contributed by atoms with Crippen LogP contribution in [0.4, 0.5) is 10.1 Å². The predicted molar refractivity (Wildman–Crippen MR) is 82.3 cm³/mol. The number of aryl methyl sites for hydroxylation is 2. The van der Waals surface area contributed by atoms with Crippen LogP contribution in [0.2, 0.25) is 5.02 Å². The van der Waals surface area contributed by atoms with Crippen molar-refractivity contribution in [1.29, 1.82) is 0 Å². The fourth-order valence-corrected chi connectivity index (χ4v) is 2.57.